The molecular weight excluding hydrogens is 320 g/mol. The minimum absolute atomic E-state index is 0.191. The first-order chi connectivity index (χ1) is 12.1. The molecule has 0 bridgehead atoms. The normalized spacial score (nSPS) is 11.9. The number of fused-ring (bicyclic) bond motifs is 1. The molecule has 0 saturated carbocycles. The Morgan fingerprint density at radius 2 is 1.96 bits per heavy atom. The van der Waals surface area contributed by atoms with Crippen LogP contribution in [0.1, 0.15) is 11.1 Å². The lowest BCUT2D eigenvalue weighted by Gasteiger charge is -2.13. The van der Waals surface area contributed by atoms with Crippen molar-refractivity contribution in [1.82, 2.24) is 15.6 Å². The smallest absolute Gasteiger partial charge is 0.315 e. The van der Waals surface area contributed by atoms with Gasteiger partial charge in [-0.05, 0) is 41.8 Å². The lowest BCUT2D eigenvalue weighted by atomic mass is 10.1. The third kappa shape index (κ3) is 4.53. The van der Waals surface area contributed by atoms with Gasteiger partial charge >= 0.3 is 6.03 Å². The van der Waals surface area contributed by atoms with Crippen LogP contribution in [-0.2, 0) is 13.0 Å². The molecule has 1 aliphatic rings. The summed E-state index contributed by atoms with van der Waals surface area (Å²) in [6.07, 6.45) is 2.47. The number of ether oxygens (including phenoxy) is 2. The number of anilines is 1. The Hall–Kier alpha value is -2.96. The largest absolute Gasteiger partial charge is 0.454 e. The van der Waals surface area contributed by atoms with Crippen molar-refractivity contribution >= 4 is 11.8 Å². The Morgan fingerprint density at radius 1 is 1.12 bits per heavy atom. The molecule has 1 aromatic carbocycles. The Kier molecular flexibility index (Phi) is 5.23. The highest BCUT2D eigenvalue weighted by atomic mass is 16.7. The van der Waals surface area contributed by atoms with Gasteiger partial charge in [0.15, 0.2) is 11.5 Å². The van der Waals surface area contributed by atoms with E-state index in [0.29, 0.717) is 13.1 Å². The lowest BCUT2D eigenvalue weighted by Crippen LogP contribution is -2.36. The molecule has 0 aliphatic carbocycles. The van der Waals surface area contributed by atoms with Crippen LogP contribution in [0, 0.1) is 0 Å². The van der Waals surface area contributed by atoms with Crippen LogP contribution < -0.4 is 25.0 Å². The number of carbonyl (C=O) groups is 1. The van der Waals surface area contributed by atoms with E-state index in [-0.39, 0.29) is 12.8 Å². The maximum Gasteiger partial charge on any atom is 0.315 e. The highest BCUT2D eigenvalue weighted by molar-refractivity contribution is 5.73. The van der Waals surface area contributed by atoms with E-state index in [4.69, 9.17) is 9.47 Å². The molecule has 25 heavy (non-hydrogen) atoms. The minimum Gasteiger partial charge on any atom is -0.454 e. The predicted molar refractivity (Wildman–Crippen MR) is 95.1 cm³/mol. The van der Waals surface area contributed by atoms with E-state index in [1.165, 1.54) is 0 Å². The molecule has 0 spiro atoms. The zero-order valence-electron chi connectivity index (χ0n) is 14.4. The summed E-state index contributed by atoms with van der Waals surface area (Å²) >= 11 is 0. The fourth-order valence-corrected chi connectivity index (χ4v) is 2.48. The maximum atomic E-state index is 11.9. The van der Waals surface area contributed by atoms with Crippen LogP contribution in [0.2, 0.25) is 0 Å². The number of carbonyl (C=O) groups excluding carboxylic acids is 1. The van der Waals surface area contributed by atoms with Crippen LogP contribution in [-0.4, -0.2) is 38.4 Å². The van der Waals surface area contributed by atoms with Crippen LogP contribution >= 0.6 is 0 Å². The monoisotopic (exact) mass is 342 g/mol. The first-order valence-corrected chi connectivity index (χ1v) is 8.14. The Bertz CT molecular complexity index is 749. The molecule has 0 fully saturated rings. The van der Waals surface area contributed by atoms with E-state index in [1.54, 1.807) is 6.20 Å². The molecule has 0 unspecified atom stereocenters. The molecule has 2 N–H and O–H groups in total. The van der Waals surface area contributed by atoms with Crippen molar-refractivity contribution in [3.8, 4) is 11.5 Å². The summed E-state index contributed by atoms with van der Waals surface area (Å²) in [6, 6.07) is 9.47. The highest BCUT2D eigenvalue weighted by Gasteiger charge is 2.13. The average molecular weight is 342 g/mol. The molecule has 0 radical (unpaired) electrons. The first-order valence-electron chi connectivity index (χ1n) is 8.14. The molecule has 2 aromatic rings. The van der Waals surface area contributed by atoms with Gasteiger partial charge in [0, 0.05) is 33.4 Å². The number of pyridine rings is 1. The Balaban J connectivity index is 1.42. The molecule has 1 aliphatic heterocycles. The molecule has 1 aromatic heterocycles. The SMILES string of the molecule is CN(C)c1cc(CNC(=O)NCCc2ccc3c(c2)OCO3)ccn1. The van der Waals surface area contributed by atoms with E-state index in [2.05, 4.69) is 15.6 Å². The second kappa shape index (κ2) is 7.74. The zero-order chi connectivity index (χ0) is 17.6. The number of nitrogens with one attached hydrogen (secondary N) is 2. The second-order valence-electron chi connectivity index (χ2n) is 5.96. The molecule has 7 nitrogen and oxygen atoms in total. The zero-order valence-corrected chi connectivity index (χ0v) is 14.4. The minimum atomic E-state index is -0.191. The van der Waals surface area contributed by atoms with Crippen molar-refractivity contribution in [2.24, 2.45) is 0 Å². The number of nitrogens with zero attached hydrogens (tertiary/aromatic N) is 2. The summed E-state index contributed by atoms with van der Waals surface area (Å²) in [5, 5.41) is 5.71. The molecule has 0 saturated heterocycles. The van der Waals surface area contributed by atoms with Gasteiger partial charge in [0.05, 0.1) is 0 Å². The summed E-state index contributed by atoms with van der Waals surface area (Å²) < 4.78 is 10.6. The van der Waals surface area contributed by atoms with E-state index < -0.39 is 0 Å². The van der Waals surface area contributed by atoms with Crippen molar-refractivity contribution in [2.45, 2.75) is 13.0 Å². The molecule has 7 heteroatoms. The lowest BCUT2D eigenvalue weighted by molar-refractivity contribution is 0.174. The van der Waals surface area contributed by atoms with Crippen LogP contribution in [0.5, 0.6) is 11.5 Å². The van der Waals surface area contributed by atoms with Gasteiger partial charge in [0.2, 0.25) is 6.79 Å². The van der Waals surface area contributed by atoms with Crippen molar-refractivity contribution in [1.29, 1.82) is 0 Å². The fraction of sp³-hybridized carbons (Fsp3) is 0.333. The standard InChI is InChI=1S/C18H22N4O3/c1-22(2)17-10-14(6-7-19-17)11-21-18(23)20-8-5-13-3-4-15-16(9-13)25-12-24-15/h3-4,6-7,9-10H,5,8,11-12H2,1-2H3,(H2,20,21,23). The van der Waals surface area contributed by atoms with E-state index >= 15 is 0 Å². The van der Waals surface area contributed by atoms with Gasteiger partial charge < -0.3 is 25.0 Å². The first kappa shape index (κ1) is 16.9. The topological polar surface area (TPSA) is 75.7 Å². The quantitative estimate of drug-likeness (QED) is 0.839. The van der Waals surface area contributed by atoms with Crippen molar-refractivity contribution in [2.75, 3.05) is 32.3 Å². The second-order valence-corrected chi connectivity index (χ2v) is 5.96. The molecule has 132 valence electrons. The number of hydrogen-bond acceptors (Lipinski definition) is 5. The van der Waals surface area contributed by atoms with Gasteiger partial charge in [0.1, 0.15) is 5.82 Å². The van der Waals surface area contributed by atoms with Gasteiger partial charge in [-0.3, -0.25) is 0 Å². The molecule has 3 rings (SSSR count). The number of aromatic nitrogens is 1. The number of rotatable bonds is 6. The van der Waals surface area contributed by atoms with Crippen LogP contribution in [0.4, 0.5) is 10.6 Å². The molecular formula is C18H22N4O3. The number of urea groups is 1. The molecule has 2 amide bonds. The predicted octanol–water partition coefficient (Wildman–Crippen LogP) is 1.92. The number of benzene rings is 1. The highest BCUT2D eigenvalue weighted by Crippen LogP contribution is 2.32. The van der Waals surface area contributed by atoms with Crippen molar-refractivity contribution in [3.63, 3.8) is 0 Å². The van der Waals surface area contributed by atoms with Gasteiger partial charge in [0.25, 0.3) is 0 Å². The van der Waals surface area contributed by atoms with E-state index in [9.17, 15) is 4.79 Å². The Labute approximate surface area is 147 Å². The average Bonchev–Trinajstić information content (AvgIpc) is 3.08. The molecule has 0 atom stereocenters. The van der Waals surface area contributed by atoms with Gasteiger partial charge in [-0.1, -0.05) is 6.07 Å². The van der Waals surface area contributed by atoms with E-state index in [0.717, 1.165) is 34.9 Å². The third-order valence-corrected chi connectivity index (χ3v) is 3.86. The number of hydrogen-bond donors (Lipinski definition) is 2. The summed E-state index contributed by atoms with van der Waals surface area (Å²) in [4.78, 5) is 18.1. The van der Waals surface area contributed by atoms with Gasteiger partial charge in [-0.2, -0.15) is 0 Å². The number of amides is 2. The van der Waals surface area contributed by atoms with Crippen LogP contribution in [0.25, 0.3) is 0 Å². The summed E-state index contributed by atoms with van der Waals surface area (Å²) in [6.45, 7) is 1.27. The van der Waals surface area contributed by atoms with E-state index in [1.807, 2.05) is 49.3 Å². The van der Waals surface area contributed by atoms with Crippen molar-refractivity contribution < 1.29 is 14.3 Å². The van der Waals surface area contributed by atoms with Gasteiger partial charge in [-0.25, -0.2) is 9.78 Å². The molecule has 2 heterocycles. The summed E-state index contributed by atoms with van der Waals surface area (Å²) in [7, 11) is 3.87. The summed E-state index contributed by atoms with van der Waals surface area (Å²) in [5.41, 5.74) is 2.10. The van der Waals surface area contributed by atoms with Crippen LogP contribution in [0.3, 0.4) is 0 Å². The fourth-order valence-electron chi connectivity index (χ4n) is 2.48. The van der Waals surface area contributed by atoms with Gasteiger partial charge in [-0.15, -0.1) is 0 Å². The Morgan fingerprint density at radius 3 is 2.80 bits per heavy atom. The third-order valence-electron chi connectivity index (χ3n) is 3.86. The maximum absolute atomic E-state index is 11.9. The summed E-state index contributed by atoms with van der Waals surface area (Å²) in [5.74, 6) is 2.39. The van der Waals surface area contributed by atoms with Crippen LogP contribution in [0.15, 0.2) is 36.5 Å². The van der Waals surface area contributed by atoms with Crippen molar-refractivity contribution in [3.05, 3.63) is 47.7 Å².